The van der Waals surface area contributed by atoms with Crippen LogP contribution in [0, 0.1) is 0 Å². The van der Waals surface area contributed by atoms with E-state index in [1.807, 2.05) is 17.4 Å². The molecule has 2 heterocycles. The molecule has 0 bridgehead atoms. The molecule has 1 unspecified atom stereocenters. The van der Waals surface area contributed by atoms with Crippen molar-refractivity contribution < 1.29 is 4.74 Å². The highest BCUT2D eigenvalue weighted by Gasteiger charge is 2.26. The van der Waals surface area contributed by atoms with Crippen LogP contribution in [-0.4, -0.2) is 38.2 Å². The lowest BCUT2D eigenvalue weighted by Gasteiger charge is -2.35. The molecule has 1 aliphatic heterocycles. The Balaban J connectivity index is 1.83. The second-order valence-corrected chi connectivity index (χ2v) is 7.06. The topological polar surface area (TPSA) is 24.5 Å². The minimum Gasteiger partial charge on any atom is -0.497 e. The van der Waals surface area contributed by atoms with Crippen LogP contribution in [0.5, 0.6) is 5.75 Å². The Morgan fingerprint density at radius 2 is 1.92 bits per heavy atom. The smallest absolute Gasteiger partial charge is 0.119 e. The maximum Gasteiger partial charge on any atom is 0.119 e. The van der Waals surface area contributed by atoms with Gasteiger partial charge in [0.2, 0.25) is 0 Å². The van der Waals surface area contributed by atoms with Gasteiger partial charge in [-0.05, 0) is 40.1 Å². The van der Waals surface area contributed by atoms with Gasteiger partial charge in [-0.15, -0.1) is 11.3 Å². The summed E-state index contributed by atoms with van der Waals surface area (Å²) < 4.78 is 6.83. The molecule has 0 spiro atoms. The van der Waals surface area contributed by atoms with Crippen LogP contribution in [0.3, 0.4) is 0 Å². The lowest BCUT2D eigenvalue weighted by atomic mass is 9.95. The van der Waals surface area contributed by atoms with Crippen LogP contribution >= 0.6 is 11.3 Å². The molecule has 3 aromatic rings. The first-order valence-electron chi connectivity index (χ1n) is 8.41. The second kappa shape index (κ2) is 6.93. The van der Waals surface area contributed by atoms with Crippen molar-refractivity contribution in [2.24, 2.45) is 0 Å². The summed E-state index contributed by atoms with van der Waals surface area (Å²) in [5.41, 5.74) is 2.71. The van der Waals surface area contributed by atoms with E-state index in [0.717, 1.165) is 31.9 Å². The van der Waals surface area contributed by atoms with Crippen LogP contribution < -0.4 is 10.1 Å². The van der Waals surface area contributed by atoms with Crippen LogP contribution in [0.4, 0.5) is 0 Å². The summed E-state index contributed by atoms with van der Waals surface area (Å²) in [6.45, 7) is 4.21. The Labute approximate surface area is 146 Å². The highest BCUT2D eigenvalue weighted by molar-refractivity contribution is 7.17. The molecule has 4 heteroatoms. The molecule has 1 aliphatic rings. The van der Waals surface area contributed by atoms with E-state index in [1.165, 1.54) is 21.2 Å². The zero-order valence-electron chi connectivity index (χ0n) is 13.9. The predicted octanol–water partition coefficient (Wildman–Crippen LogP) is 3.90. The number of rotatable bonds is 4. The SMILES string of the molecule is COc1cccc(C(c2csc3ccccc23)N2CCNCC2)c1. The first-order valence-corrected chi connectivity index (χ1v) is 9.29. The number of nitrogens with zero attached hydrogens (tertiary/aromatic N) is 1. The van der Waals surface area contributed by atoms with E-state index in [1.54, 1.807) is 7.11 Å². The van der Waals surface area contributed by atoms with Crippen molar-refractivity contribution in [2.75, 3.05) is 33.3 Å². The number of methoxy groups -OCH3 is 1. The molecule has 1 atom stereocenters. The molecule has 1 N–H and O–H groups in total. The minimum atomic E-state index is 0.276. The van der Waals surface area contributed by atoms with Gasteiger partial charge in [-0.2, -0.15) is 0 Å². The zero-order chi connectivity index (χ0) is 16.4. The van der Waals surface area contributed by atoms with Gasteiger partial charge in [-0.25, -0.2) is 0 Å². The summed E-state index contributed by atoms with van der Waals surface area (Å²) in [5.74, 6) is 0.923. The fourth-order valence-corrected chi connectivity index (χ4v) is 4.53. The fourth-order valence-electron chi connectivity index (χ4n) is 3.55. The van der Waals surface area contributed by atoms with Gasteiger partial charge in [-0.1, -0.05) is 30.3 Å². The molecular formula is C20H22N2OS. The molecular weight excluding hydrogens is 316 g/mol. The van der Waals surface area contributed by atoms with E-state index in [0.29, 0.717) is 0 Å². The van der Waals surface area contributed by atoms with E-state index in [2.05, 4.69) is 58.1 Å². The van der Waals surface area contributed by atoms with Crippen LogP contribution in [0.15, 0.2) is 53.9 Å². The van der Waals surface area contributed by atoms with Crippen molar-refractivity contribution in [1.82, 2.24) is 10.2 Å². The van der Waals surface area contributed by atoms with E-state index < -0.39 is 0 Å². The summed E-state index contributed by atoms with van der Waals surface area (Å²) >= 11 is 1.84. The molecule has 0 saturated carbocycles. The summed E-state index contributed by atoms with van der Waals surface area (Å²) in [6.07, 6.45) is 0. The van der Waals surface area contributed by atoms with Crippen LogP contribution in [0.1, 0.15) is 17.2 Å². The third kappa shape index (κ3) is 2.93. The zero-order valence-corrected chi connectivity index (χ0v) is 14.7. The van der Waals surface area contributed by atoms with Crippen LogP contribution in [-0.2, 0) is 0 Å². The Kier molecular flexibility index (Phi) is 4.52. The number of hydrogen-bond donors (Lipinski definition) is 1. The lowest BCUT2D eigenvalue weighted by molar-refractivity contribution is 0.199. The summed E-state index contributed by atoms with van der Waals surface area (Å²) in [6, 6.07) is 17.5. The maximum atomic E-state index is 5.47. The Morgan fingerprint density at radius 3 is 2.75 bits per heavy atom. The summed E-state index contributed by atoms with van der Waals surface area (Å²) in [5, 5.41) is 7.16. The van der Waals surface area contributed by atoms with Gasteiger partial charge in [0, 0.05) is 30.9 Å². The van der Waals surface area contributed by atoms with E-state index >= 15 is 0 Å². The molecule has 0 amide bonds. The Hall–Kier alpha value is -1.88. The standard InChI is InChI=1S/C20H22N2OS/c1-23-16-6-4-5-15(13-16)20(22-11-9-21-10-12-22)18-14-24-19-8-3-2-7-17(18)19/h2-8,13-14,20-21H,9-12H2,1H3. The highest BCUT2D eigenvalue weighted by atomic mass is 32.1. The molecule has 124 valence electrons. The molecule has 0 aliphatic carbocycles. The van der Waals surface area contributed by atoms with E-state index in [9.17, 15) is 0 Å². The van der Waals surface area contributed by atoms with Crippen molar-refractivity contribution in [3.63, 3.8) is 0 Å². The minimum absolute atomic E-state index is 0.276. The molecule has 1 saturated heterocycles. The van der Waals surface area contributed by atoms with E-state index in [4.69, 9.17) is 4.74 Å². The monoisotopic (exact) mass is 338 g/mol. The van der Waals surface area contributed by atoms with Gasteiger partial charge < -0.3 is 10.1 Å². The average molecular weight is 338 g/mol. The molecule has 1 fully saturated rings. The van der Waals surface area contributed by atoms with Crippen molar-refractivity contribution in [3.8, 4) is 5.75 Å². The number of thiophene rings is 1. The van der Waals surface area contributed by atoms with Crippen molar-refractivity contribution in [3.05, 3.63) is 65.0 Å². The highest BCUT2D eigenvalue weighted by Crippen LogP contribution is 2.38. The second-order valence-electron chi connectivity index (χ2n) is 6.15. The van der Waals surface area contributed by atoms with Gasteiger partial charge >= 0.3 is 0 Å². The molecule has 3 nitrogen and oxygen atoms in total. The summed E-state index contributed by atoms with van der Waals surface area (Å²) in [7, 11) is 1.74. The number of piperazine rings is 1. The number of ether oxygens (including phenoxy) is 1. The molecule has 24 heavy (non-hydrogen) atoms. The number of hydrogen-bond acceptors (Lipinski definition) is 4. The molecule has 1 aromatic heterocycles. The summed E-state index contributed by atoms with van der Waals surface area (Å²) in [4.78, 5) is 2.58. The van der Waals surface area contributed by atoms with Crippen molar-refractivity contribution in [2.45, 2.75) is 6.04 Å². The van der Waals surface area contributed by atoms with Crippen LogP contribution in [0.2, 0.25) is 0 Å². The normalized spacial score (nSPS) is 17.0. The first kappa shape index (κ1) is 15.6. The van der Waals surface area contributed by atoms with Gasteiger partial charge in [0.1, 0.15) is 5.75 Å². The quantitative estimate of drug-likeness (QED) is 0.781. The number of fused-ring (bicyclic) bond motifs is 1. The molecule has 4 rings (SSSR count). The first-order chi connectivity index (χ1) is 11.9. The van der Waals surface area contributed by atoms with Crippen molar-refractivity contribution >= 4 is 21.4 Å². The van der Waals surface area contributed by atoms with Crippen molar-refractivity contribution in [1.29, 1.82) is 0 Å². The number of benzene rings is 2. The number of nitrogens with one attached hydrogen (secondary N) is 1. The van der Waals surface area contributed by atoms with Crippen LogP contribution in [0.25, 0.3) is 10.1 Å². The Morgan fingerprint density at radius 1 is 1.08 bits per heavy atom. The van der Waals surface area contributed by atoms with Gasteiger partial charge in [0.15, 0.2) is 0 Å². The average Bonchev–Trinajstić information content (AvgIpc) is 3.07. The predicted molar refractivity (Wildman–Crippen MR) is 101 cm³/mol. The van der Waals surface area contributed by atoms with Gasteiger partial charge in [-0.3, -0.25) is 4.90 Å². The fraction of sp³-hybridized carbons (Fsp3) is 0.300. The lowest BCUT2D eigenvalue weighted by Crippen LogP contribution is -2.45. The van der Waals surface area contributed by atoms with E-state index in [-0.39, 0.29) is 6.04 Å². The molecule has 2 aromatic carbocycles. The molecule has 0 radical (unpaired) electrons. The van der Waals surface area contributed by atoms with Gasteiger partial charge in [0.25, 0.3) is 0 Å². The third-order valence-electron chi connectivity index (χ3n) is 4.73. The largest absolute Gasteiger partial charge is 0.497 e. The van der Waals surface area contributed by atoms with Gasteiger partial charge in [0.05, 0.1) is 13.2 Å². The maximum absolute atomic E-state index is 5.47. The third-order valence-corrected chi connectivity index (χ3v) is 5.71. The Bertz CT molecular complexity index is 823.